The summed E-state index contributed by atoms with van der Waals surface area (Å²) >= 11 is 1.59. The number of rotatable bonds is 5. The van der Waals surface area contributed by atoms with Crippen LogP contribution in [0.3, 0.4) is 0 Å². The van der Waals surface area contributed by atoms with Crippen molar-refractivity contribution in [2.75, 3.05) is 0 Å². The molecule has 6 heteroatoms. The zero-order chi connectivity index (χ0) is 17.1. The molecule has 1 aromatic heterocycles. The summed E-state index contributed by atoms with van der Waals surface area (Å²) in [6, 6.07) is 11.8. The highest BCUT2D eigenvalue weighted by Gasteiger charge is 2.33. The normalized spacial score (nSPS) is 17.0. The van der Waals surface area contributed by atoms with Gasteiger partial charge in [0.2, 0.25) is 5.91 Å². The molecule has 0 aliphatic carbocycles. The highest BCUT2D eigenvalue weighted by atomic mass is 32.1. The Morgan fingerprint density at radius 1 is 1.29 bits per heavy atom. The van der Waals surface area contributed by atoms with Crippen molar-refractivity contribution in [2.24, 2.45) is 5.10 Å². The summed E-state index contributed by atoms with van der Waals surface area (Å²) in [6.45, 7) is 2.01. The number of hydrogen-bond donors (Lipinski definition) is 1. The lowest BCUT2D eigenvalue weighted by Gasteiger charge is -2.22. The number of nitrogens with zero attached hydrogens (tertiary/aromatic N) is 2. The molecule has 1 aliphatic heterocycles. The molecule has 5 nitrogen and oxygen atoms in total. The van der Waals surface area contributed by atoms with Gasteiger partial charge < -0.3 is 5.11 Å². The zero-order valence-corrected chi connectivity index (χ0v) is 14.1. The summed E-state index contributed by atoms with van der Waals surface area (Å²) in [5.74, 6) is -1.23. The molecule has 3 rings (SSSR count). The van der Waals surface area contributed by atoms with E-state index in [1.165, 1.54) is 5.01 Å². The number of aryl methyl sites for hydroxylation is 1. The quantitative estimate of drug-likeness (QED) is 0.902. The van der Waals surface area contributed by atoms with Crippen molar-refractivity contribution in [2.45, 2.75) is 32.2 Å². The maximum atomic E-state index is 12.5. The van der Waals surface area contributed by atoms with Crippen LogP contribution < -0.4 is 0 Å². The minimum atomic E-state index is -0.975. The molecule has 0 saturated heterocycles. The number of carbonyl (C=O) groups excluding carboxylic acids is 1. The van der Waals surface area contributed by atoms with E-state index in [9.17, 15) is 9.59 Å². The van der Waals surface area contributed by atoms with Crippen molar-refractivity contribution >= 4 is 28.9 Å². The van der Waals surface area contributed by atoms with Crippen molar-refractivity contribution in [1.82, 2.24) is 5.01 Å². The monoisotopic (exact) mass is 342 g/mol. The fraction of sp³-hybridized carbons (Fsp3) is 0.278. The summed E-state index contributed by atoms with van der Waals surface area (Å²) in [4.78, 5) is 24.3. The van der Waals surface area contributed by atoms with Crippen molar-refractivity contribution in [3.8, 4) is 0 Å². The standard InChI is InChI=1S/C18H18N2O3S/c1-12-4-2-5-13(10-12)15-11-14(16-6-3-9-24-16)19-20(15)17(21)7-8-18(22)23/h2-6,9-10,15H,7-8,11H2,1H3,(H,22,23)/t15-/m1/s1. The molecule has 1 N–H and O–H groups in total. The Morgan fingerprint density at radius 3 is 2.79 bits per heavy atom. The van der Waals surface area contributed by atoms with Crippen LogP contribution in [0.15, 0.2) is 46.9 Å². The first-order valence-corrected chi connectivity index (χ1v) is 8.64. The van der Waals surface area contributed by atoms with Crippen LogP contribution in [0, 0.1) is 6.92 Å². The van der Waals surface area contributed by atoms with Gasteiger partial charge in [-0.05, 0) is 23.9 Å². The van der Waals surface area contributed by atoms with E-state index in [1.807, 2.05) is 42.6 Å². The Labute approximate surface area is 144 Å². The Hall–Kier alpha value is -2.47. The van der Waals surface area contributed by atoms with E-state index < -0.39 is 5.97 Å². The zero-order valence-electron chi connectivity index (χ0n) is 13.3. The number of benzene rings is 1. The second-order valence-corrected chi connectivity index (χ2v) is 6.74. The third-order valence-electron chi connectivity index (χ3n) is 3.95. The molecular weight excluding hydrogens is 324 g/mol. The number of hydrazone groups is 1. The summed E-state index contributed by atoms with van der Waals surface area (Å²) < 4.78 is 0. The van der Waals surface area contributed by atoms with Gasteiger partial charge in [0, 0.05) is 12.8 Å². The molecule has 24 heavy (non-hydrogen) atoms. The molecule has 0 fully saturated rings. The van der Waals surface area contributed by atoms with E-state index >= 15 is 0 Å². The largest absolute Gasteiger partial charge is 0.481 e. The van der Waals surface area contributed by atoms with Crippen LogP contribution in [0.4, 0.5) is 0 Å². The first-order chi connectivity index (χ1) is 11.5. The number of carbonyl (C=O) groups is 2. The SMILES string of the molecule is Cc1cccc([C@H]2CC(c3cccs3)=NN2C(=O)CCC(=O)O)c1. The lowest BCUT2D eigenvalue weighted by molar-refractivity contribution is -0.141. The number of aliphatic carboxylic acids is 1. The average Bonchev–Trinajstić information content (AvgIpc) is 3.21. The Kier molecular flexibility index (Phi) is 4.76. The molecule has 1 aromatic carbocycles. The van der Waals surface area contributed by atoms with Gasteiger partial charge in [0.1, 0.15) is 0 Å². The molecule has 0 unspecified atom stereocenters. The number of carboxylic acid groups (broad SMARTS) is 1. The van der Waals surface area contributed by atoms with Crippen molar-refractivity contribution in [3.05, 3.63) is 57.8 Å². The predicted molar refractivity (Wildman–Crippen MR) is 93.1 cm³/mol. The van der Waals surface area contributed by atoms with E-state index in [2.05, 4.69) is 11.2 Å². The summed E-state index contributed by atoms with van der Waals surface area (Å²) in [5.41, 5.74) is 3.02. The van der Waals surface area contributed by atoms with Crippen LogP contribution in [-0.4, -0.2) is 27.7 Å². The summed E-state index contributed by atoms with van der Waals surface area (Å²) in [7, 11) is 0. The van der Waals surface area contributed by atoms with E-state index in [0.29, 0.717) is 6.42 Å². The second kappa shape index (κ2) is 6.97. The lowest BCUT2D eigenvalue weighted by Crippen LogP contribution is -2.27. The maximum absolute atomic E-state index is 12.5. The van der Waals surface area contributed by atoms with Gasteiger partial charge >= 0.3 is 5.97 Å². The van der Waals surface area contributed by atoms with Crippen LogP contribution in [0.2, 0.25) is 0 Å². The number of thiophene rings is 1. The molecule has 2 aromatic rings. The van der Waals surface area contributed by atoms with E-state index in [1.54, 1.807) is 11.3 Å². The highest BCUT2D eigenvalue weighted by molar-refractivity contribution is 7.12. The predicted octanol–water partition coefficient (Wildman–Crippen LogP) is 3.60. The van der Waals surface area contributed by atoms with Gasteiger partial charge in [-0.2, -0.15) is 5.10 Å². The molecule has 124 valence electrons. The first kappa shape index (κ1) is 16.4. The van der Waals surface area contributed by atoms with Gasteiger partial charge in [-0.15, -0.1) is 11.3 Å². The summed E-state index contributed by atoms with van der Waals surface area (Å²) in [6.07, 6.45) is 0.418. The fourth-order valence-electron chi connectivity index (χ4n) is 2.80. The van der Waals surface area contributed by atoms with E-state index in [4.69, 9.17) is 5.11 Å². The van der Waals surface area contributed by atoms with Gasteiger partial charge in [0.05, 0.1) is 23.1 Å². The third-order valence-corrected chi connectivity index (χ3v) is 4.87. The average molecular weight is 342 g/mol. The van der Waals surface area contributed by atoms with Gasteiger partial charge in [-0.3, -0.25) is 9.59 Å². The topological polar surface area (TPSA) is 70.0 Å². The molecule has 2 heterocycles. The summed E-state index contributed by atoms with van der Waals surface area (Å²) in [5, 5.41) is 16.8. The molecule has 0 saturated carbocycles. The van der Waals surface area contributed by atoms with Gasteiger partial charge in [0.15, 0.2) is 0 Å². The van der Waals surface area contributed by atoms with Crippen LogP contribution >= 0.6 is 11.3 Å². The smallest absolute Gasteiger partial charge is 0.303 e. The van der Waals surface area contributed by atoms with Crippen LogP contribution in [0.5, 0.6) is 0 Å². The Bertz CT molecular complexity index is 783. The van der Waals surface area contributed by atoms with Gasteiger partial charge in [-0.1, -0.05) is 35.9 Å². The Balaban J connectivity index is 1.89. The second-order valence-electron chi connectivity index (χ2n) is 5.79. The van der Waals surface area contributed by atoms with Gasteiger partial charge in [-0.25, -0.2) is 5.01 Å². The molecule has 0 radical (unpaired) electrons. The van der Waals surface area contributed by atoms with E-state index in [0.717, 1.165) is 21.7 Å². The molecular formula is C18H18N2O3S. The number of amides is 1. The minimum Gasteiger partial charge on any atom is -0.481 e. The number of hydrogen-bond acceptors (Lipinski definition) is 4. The Morgan fingerprint density at radius 2 is 2.12 bits per heavy atom. The third kappa shape index (κ3) is 3.54. The number of carboxylic acids is 1. The molecule has 0 bridgehead atoms. The highest BCUT2D eigenvalue weighted by Crippen LogP contribution is 2.34. The van der Waals surface area contributed by atoms with Gasteiger partial charge in [0.25, 0.3) is 0 Å². The molecule has 1 amide bonds. The molecule has 1 aliphatic rings. The van der Waals surface area contributed by atoms with Crippen molar-refractivity contribution in [3.63, 3.8) is 0 Å². The maximum Gasteiger partial charge on any atom is 0.303 e. The molecule has 1 atom stereocenters. The van der Waals surface area contributed by atoms with E-state index in [-0.39, 0.29) is 24.8 Å². The lowest BCUT2D eigenvalue weighted by atomic mass is 9.99. The minimum absolute atomic E-state index is 0.0428. The molecule has 0 spiro atoms. The first-order valence-electron chi connectivity index (χ1n) is 7.76. The van der Waals surface area contributed by atoms with Crippen molar-refractivity contribution in [1.29, 1.82) is 0 Å². The fourth-order valence-corrected chi connectivity index (χ4v) is 3.52. The van der Waals surface area contributed by atoms with Crippen LogP contribution in [-0.2, 0) is 9.59 Å². The van der Waals surface area contributed by atoms with Crippen LogP contribution in [0.25, 0.3) is 0 Å². The van der Waals surface area contributed by atoms with Crippen LogP contribution in [0.1, 0.15) is 41.3 Å². The van der Waals surface area contributed by atoms with Crippen molar-refractivity contribution < 1.29 is 14.7 Å².